The smallest absolute Gasteiger partial charge is 0.321 e. The Bertz CT molecular complexity index is 620. The Morgan fingerprint density at radius 1 is 1.04 bits per heavy atom. The van der Waals surface area contributed by atoms with Crippen LogP contribution in [0.5, 0.6) is 0 Å². The number of amides is 4. The second kappa shape index (κ2) is 9.14. The maximum atomic E-state index is 12.1. The van der Waals surface area contributed by atoms with E-state index < -0.39 is 0 Å². The van der Waals surface area contributed by atoms with Gasteiger partial charge in [0.15, 0.2) is 0 Å². The summed E-state index contributed by atoms with van der Waals surface area (Å²) in [6.07, 6.45) is 5.86. The van der Waals surface area contributed by atoms with Crippen LogP contribution in [-0.4, -0.2) is 54.5 Å². The molecular weight excluding hydrogens is 352 g/mol. The van der Waals surface area contributed by atoms with Gasteiger partial charge in [-0.2, -0.15) is 0 Å². The molecule has 4 amide bonds. The molecule has 1 aliphatic heterocycles. The summed E-state index contributed by atoms with van der Waals surface area (Å²) in [5.74, 6) is -0.304. The normalized spacial score (nSPS) is 19.2. The summed E-state index contributed by atoms with van der Waals surface area (Å²) >= 11 is 1.43. The molecule has 3 N–H and O–H groups in total. The van der Waals surface area contributed by atoms with E-state index in [9.17, 15) is 14.4 Å². The number of hydrogen-bond acceptors (Lipinski definition) is 5. The molecule has 0 unspecified atom stereocenters. The molecule has 142 valence electrons. The molecular formula is C18H26N4O3S. The van der Waals surface area contributed by atoms with Crippen molar-refractivity contribution in [2.75, 3.05) is 19.6 Å². The number of nitrogens with one attached hydrogen (secondary N) is 3. The van der Waals surface area contributed by atoms with Crippen LogP contribution < -0.4 is 16.0 Å². The summed E-state index contributed by atoms with van der Waals surface area (Å²) < 4.78 is 0. The van der Waals surface area contributed by atoms with Crippen LogP contribution in [0.25, 0.3) is 0 Å². The molecule has 1 saturated carbocycles. The zero-order valence-electron chi connectivity index (χ0n) is 14.8. The minimum atomic E-state index is -0.389. The molecule has 8 heteroatoms. The van der Waals surface area contributed by atoms with E-state index in [1.165, 1.54) is 11.3 Å². The van der Waals surface area contributed by atoms with Gasteiger partial charge in [-0.05, 0) is 37.1 Å². The maximum Gasteiger partial charge on any atom is 0.321 e. The van der Waals surface area contributed by atoms with Crippen LogP contribution in [-0.2, 0) is 4.79 Å². The fourth-order valence-corrected chi connectivity index (χ4v) is 4.19. The molecule has 0 spiro atoms. The number of rotatable bonds is 5. The topological polar surface area (TPSA) is 90.5 Å². The van der Waals surface area contributed by atoms with Gasteiger partial charge in [0.1, 0.15) is 0 Å². The van der Waals surface area contributed by atoms with Crippen molar-refractivity contribution in [2.24, 2.45) is 0 Å². The van der Waals surface area contributed by atoms with Gasteiger partial charge in [-0.3, -0.25) is 19.8 Å². The Morgan fingerprint density at radius 2 is 1.73 bits per heavy atom. The zero-order valence-corrected chi connectivity index (χ0v) is 15.6. The number of piperidine rings is 1. The summed E-state index contributed by atoms with van der Waals surface area (Å²) in [6, 6.07) is 3.62. The van der Waals surface area contributed by atoms with Crippen LogP contribution in [0.4, 0.5) is 4.79 Å². The summed E-state index contributed by atoms with van der Waals surface area (Å²) in [6.45, 7) is 1.67. The third kappa shape index (κ3) is 5.54. The monoisotopic (exact) mass is 378 g/mol. The number of imide groups is 1. The molecule has 0 radical (unpaired) electrons. The summed E-state index contributed by atoms with van der Waals surface area (Å²) in [4.78, 5) is 38.7. The SMILES string of the molecule is O=C(CN1CCC(NC(=O)c2cccs2)CC1)NC(=O)NC1CCCC1. The van der Waals surface area contributed by atoms with Crippen molar-refractivity contribution < 1.29 is 14.4 Å². The van der Waals surface area contributed by atoms with Crippen molar-refractivity contribution in [3.63, 3.8) is 0 Å². The molecule has 3 rings (SSSR count). The maximum absolute atomic E-state index is 12.1. The van der Waals surface area contributed by atoms with Crippen molar-refractivity contribution in [1.82, 2.24) is 20.9 Å². The molecule has 2 aliphatic rings. The average Bonchev–Trinajstić information content (AvgIpc) is 3.29. The van der Waals surface area contributed by atoms with Gasteiger partial charge in [0.2, 0.25) is 5.91 Å². The number of nitrogens with zero attached hydrogens (tertiary/aromatic N) is 1. The highest BCUT2D eigenvalue weighted by Gasteiger charge is 2.24. The Morgan fingerprint density at radius 3 is 2.38 bits per heavy atom. The molecule has 7 nitrogen and oxygen atoms in total. The fourth-order valence-electron chi connectivity index (χ4n) is 3.56. The highest BCUT2D eigenvalue weighted by atomic mass is 32.1. The lowest BCUT2D eigenvalue weighted by atomic mass is 10.0. The van der Waals surface area contributed by atoms with E-state index in [1.54, 1.807) is 0 Å². The lowest BCUT2D eigenvalue weighted by molar-refractivity contribution is -0.121. The van der Waals surface area contributed by atoms with E-state index >= 15 is 0 Å². The third-order valence-electron chi connectivity index (χ3n) is 4.98. The van der Waals surface area contributed by atoms with Crippen molar-refractivity contribution in [3.8, 4) is 0 Å². The molecule has 0 aromatic carbocycles. The van der Waals surface area contributed by atoms with Gasteiger partial charge in [-0.15, -0.1) is 11.3 Å². The first-order chi connectivity index (χ1) is 12.6. The first-order valence-corrected chi connectivity index (χ1v) is 10.1. The highest BCUT2D eigenvalue weighted by molar-refractivity contribution is 7.12. The van der Waals surface area contributed by atoms with Crippen LogP contribution in [0, 0.1) is 0 Å². The summed E-state index contributed by atoms with van der Waals surface area (Å²) in [5, 5.41) is 10.2. The van der Waals surface area contributed by atoms with Gasteiger partial charge in [0, 0.05) is 25.2 Å². The van der Waals surface area contributed by atoms with Gasteiger partial charge < -0.3 is 10.6 Å². The lowest BCUT2D eigenvalue weighted by Crippen LogP contribution is -2.50. The Balaban J connectivity index is 1.33. The van der Waals surface area contributed by atoms with Crippen molar-refractivity contribution >= 4 is 29.2 Å². The predicted octanol–water partition coefficient (Wildman–Crippen LogP) is 1.71. The number of likely N-dealkylation sites (tertiary alicyclic amines) is 1. The van der Waals surface area contributed by atoms with Crippen LogP contribution >= 0.6 is 11.3 Å². The molecule has 1 aromatic rings. The number of thiophene rings is 1. The molecule has 26 heavy (non-hydrogen) atoms. The first-order valence-electron chi connectivity index (χ1n) is 9.27. The minimum absolute atomic E-state index is 0.0280. The van der Waals surface area contributed by atoms with Crippen LogP contribution in [0.2, 0.25) is 0 Å². The van der Waals surface area contributed by atoms with Crippen molar-refractivity contribution in [3.05, 3.63) is 22.4 Å². The zero-order chi connectivity index (χ0) is 18.4. The molecule has 1 aliphatic carbocycles. The predicted molar refractivity (Wildman–Crippen MR) is 100 cm³/mol. The number of hydrogen-bond donors (Lipinski definition) is 3. The number of urea groups is 1. The minimum Gasteiger partial charge on any atom is -0.349 e. The quantitative estimate of drug-likeness (QED) is 0.728. The summed E-state index contributed by atoms with van der Waals surface area (Å²) in [7, 11) is 0. The third-order valence-corrected chi connectivity index (χ3v) is 5.85. The largest absolute Gasteiger partial charge is 0.349 e. The first kappa shape index (κ1) is 18.8. The van der Waals surface area contributed by atoms with Gasteiger partial charge in [-0.1, -0.05) is 18.9 Å². The van der Waals surface area contributed by atoms with Gasteiger partial charge in [-0.25, -0.2) is 4.79 Å². The van der Waals surface area contributed by atoms with Crippen LogP contribution in [0.3, 0.4) is 0 Å². The second-order valence-corrected chi connectivity index (χ2v) is 7.95. The Labute approximate surface area is 157 Å². The van der Waals surface area contributed by atoms with E-state index in [1.807, 2.05) is 22.4 Å². The molecule has 1 aromatic heterocycles. The van der Waals surface area contributed by atoms with Crippen molar-refractivity contribution in [2.45, 2.75) is 50.6 Å². The van der Waals surface area contributed by atoms with Gasteiger partial charge in [0.25, 0.3) is 5.91 Å². The summed E-state index contributed by atoms with van der Waals surface area (Å²) in [5.41, 5.74) is 0. The average molecular weight is 378 g/mol. The van der Waals surface area contributed by atoms with Crippen LogP contribution in [0.15, 0.2) is 17.5 Å². The van der Waals surface area contributed by atoms with E-state index in [0.717, 1.165) is 56.5 Å². The van der Waals surface area contributed by atoms with Gasteiger partial charge in [0.05, 0.1) is 11.4 Å². The molecule has 2 heterocycles. The number of carbonyl (C=O) groups is 3. The Hall–Kier alpha value is -1.93. The van der Waals surface area contributed by atoms with Gasteiger partial charge >= 0.3 is 6.03 Å². The second-order valence-electron chi connectivity index (χ2n) is 7.00. The van der Waals surface area contributed by atoms with Crippen molar-refractivity contribution in [1.29, 1.82) is 0 Å². The van der Waals surface area contributed by atoms with E-state index in [-0.39, 0.29) is 36.5 Å². The standard InChI is InChI=1S/C18H26N4O3S/c23-16(21-18(25)20-13-4-1-2-5-13)12-22-9-7-14(8-10-22)19-17(24)15-6-3-11-26-15/h3,6,11,13-14H,1-2,4-5,7-10,12H2,(H,19,24)(H2,20,21,23,25). The molecule has 0 atom stereocenters. The van der Waals surface area contributed by atoms with E-state index in [2.05, 4.69) is 16.0 Å². The Kier molecular flexibility index (Phi) is 6.62. The van der Waals surface area contributed by atoms with Crippen LogP contribution in [0.1, 0.15) is 48.2 Å². The lowest BCUT2D eigenvalue weighted by Gasteiger charge is -2.31. The molecule has 0 bridgehead atoms. The number of carbonyl (C=O) groups excluding carboxylic acids is 3. The highest BCUT2D eigenvalue weighted by Crippen LogP contribution is 2.17. The van der Waals surface area contributed by atoms with E-state index in [0.29, 0.717) is 0 Å². The van der Waals surface area contributed by atoms with E-state index in [4.69, 9.17) is 0 Å². The fraction of sp³-hybridized carbons (Fsp3) is 0.611. The molecule has 1 saturated heterocycles. The molecule has 2 fully saturated rings.